The number of nitrogens with one attached hydrogen (secondary N) is 1. The molecule has 3 aromatic carbocycles. The molecule has 1 N–H and O–H groups in total. The smallest absolute Gasteiger partial charge is 0.336 e. The molecular formula is C24H18Br2N2O4. The predicted molar refractivity (Wildman–Crippen MR) is 131 cm³/mol. The number of carbonyl (C=O) groups is 2. The van der Waals surface area contributed by atoms with Crippen LogP contribution in [0.5, 0.6) is 11.5 Å². The first-order valence-corrected chi connectivity index (χ1v) is 11.0. The van der Waals surface area contributed by atoms with E-state index in [1.165, 1.54) is 12.3 Å². The largest absolute Gasteiger partial charge is 0.484 e. The molecule has 0 saturated carbocycles. The van der Waals surface area contributed by atoms with Crippen molar-refractivity contribution in [3.05, 3.63) is 98.9 Å². The summed E-state index contributed by atoms with van der Waals surface area (Å²) >= 11 is 6.71. The van der Waals surface area contributed by atoms with Crippen LogP contribution >= 0.6 is 31.9 Å². The number of amides is 1. The van der Waals surface area contributed by atoms with Crippen LogP contribution in [-0.4, -0.2) is 24.7 Å². The molecule has 0 aliphatic rings. The zero-order valence-electron chi connectivity index (χ0n) is 16.7. The lowest BCUT2D eigenvalue weighted by Crippen LogP contribution is -2.24. The molecule has 0 bridgehead atoms. The highest BCUT2D eigenvalue weighted by Gasteiger charge is 2.08. The second-order valence-corrected chi connectivity index (χ2v) is 8.21. The van der Waals surface area contributed by atoms with E-state index in [-0.39, 0.29) is 6.61 Å². The van der Waals surface area contributed by atoms with Crippen LogP contribution in [0.25, 0.3) is 6.08 Å². The molecule has 0 atom stereocenters. The lowest BCUT2D eigenvalue weighted by Gasteiger charge is -2.07. The van der Waals surface area contributed by atoms with Crippen LogP contribution < -0.4 is 14.9 Å². The minimum Gasteiger partial charge on any atom is -0.484 e. The zero-order valence-corrected chi connectivity index (χ0v) is 19.9. The van der Waals surface area contributed by atoms with Gasteiger partial charge < -0.3 is 9.47 Å². The van der Waals surface area contributed by atoms with Crippen LogP contribution in [0, 0.1) is 0 Å². The lowest BCUT2D eigenvalue weighted by atomic mass is 10.2. The number of carbonyl (C=O) groups excluding carboxylic acids is 2. The maximum atomic E-state index is 12.2. The van der Waals surface area contributed by atoms with Gasteiger partial charge in [-0.15, -0.1) is 0 Å². The molecule has 162 valence electrons. The van der Waals surface area contributed by atoms with Crippen LogP contribution in [0.4, 0.5) is 0 Å². The van der Waals surface area contributed by atoms with Gasteiger partial charge in [0.2, 0.25) is 0 Å². The molecule has 6 nitrogen and oxygen atoms in total. The summed E-state index contributed by atoms with van der Waals surface area (Å²) < 4.78 is 12.5. The molecule has 3 rings (SSSR count). The molecule has 0 heterocycles. The third kappa shape index (κ3) is 7.79. The zero-order chi connectivity index (χ0) is 22.8. The standard InChI is InChI=1S/C24H18Br2N2O4/c25-19-7-10-21(11-8-19)31-16-23(29)28-27-15-18-14-20(26)9-12-22(18)32-24(30)13-6-17-4-2-1-3-5-17/h1-15H,16H2,(H,28,29)/b13-6+,27-15+. The molecule has 0 spiro atoms. The van der Waals surface area contributed by atoms with Gasteiger partial charge in [0.15, 0.2) is 6.61 Å². The number of rotatable bonds is 8. The second-order valence-electron chi connectivity index (χ2n) is 6.38. The van der Waals surface area contributed by atoms with Gasteiger partial charge in [0.05, 0.1) is 6.21 Å². The van der Waals surface area contributed by atoms with Crippen molar-refractivity contribution in [3.63, 3.8) is 0 Å². The van der Waals surface area contributed by atoms with Crippen molar-refractivity contribution < 1.29 is 19.1 Å². The summed E-state index contributed by atoms with van der Waals surface area (Å²) in [5.74, 6) is -0.0848. The highest BCUT2D eigenvalue weighted by molar-refractivity contribution is 9.10. The normalized spacial score (nSPS) is 10.9. The molecule has 0 radical (unpaired) electrons. The van der Waals surface area contributed by atoms with Gasteiger partial charge in [-0.25, -0.2) is 10.2 Å². The van der Waals surface area contributed by atoms with Crippen LogP contribution in [0.15, 0.2) is 92.9 Å². The first kappa shape index (κ1) is 23.4. The average molecular weight is 558 g/mol. The van der Waals surface area contributed by atoms with Crippen molar-refractivity contribution in [2.24, 2.45) is 5.10 Å². The summed E-state index contributed by atoms with van der Waals surface area (Å²) in [5, 5.41) is 3.93. The molecule has 0 unspecified atom stereocenters. The van der Waals surface area contributed by atoms with E-state index < -0.39 is 11.9 Å². The minimum atomic E-state index is -0.530. The fourth-order valence-corrected chi connectivity index (χ4v) is 3.11. The van der Waals surface area contributed by atoms with E-state index in [1.807, 2.05) is 42.5 Å². The van der Waals surface area contributed by atoms with Gasteiger partial charge >= 0.3 is 5.97 Å². The molecule has 32 heavy (non-hydrogen) atoms. The number of esters is 1. The van der Waals surface area contributed by atoms with Crippen molar-refractivity contribution in [2.75, 3.05) is 6.61 Å². The molecule has 8 heteroatoms. The molecule has 0 fully saturated rings. The first-order chi connectivity index (χ1) is 15.5. The van der Waals surface area contributed by atoms with E-state index in [9.17, 15) is 9.59 Å². The summed E-state index contributed by atoms with van der Waals surface area (Å²) in [6.07, 6.45) is 4.41. The molecule has 0 aliphatic heterocycles. The Hall–Kier alpha value is -3.23. The number of benzene rings is 3. The lowest BCUT2D eigenvalue weighted by molar-refractivity contribution is -0.129. The highest BCUT2D eigenvalue weighted by atomic mass is 79.9. The fourth-order valence-electron chi connectivity index (χ4n) is 2.47. The van der Waals surface area contributed by atoms with Crippen molar-refractivity contribution >= 4 is 56.0 Å². The number of halogens is 2. The Labute approximate surface area is 202 Å². The van der Waals surface area contributed by atoms with Crippen molar-refractivity contribution in [2.45, 2.75) is 0 Å². The predicted octanol–water partition coefficient (Wildman–Crippen LogP) is 5.36. The SMILES string of the molecule is O=C(COc1ccc(Br)cc1)N/N=C/c1cc(Br)ccc1OC(=O)/C=C/c1ccccc1. The summed E-state index contributed by atoms with van der Waals surface area (Å²) in [7, 11) is 0. The minimum absolute atomic E-state index is 0.191. The van der Waals surface area contributed by atoms with Crippen LogP contribution in [0.3, 0.4) is 0 Å². The van der Waals surface area contributed by atoms with E-state index >= 15 is 0 Å². The maximum Gasteiger partial charge on any atom is 0.336 e. The molecule has 3 aromatic rings. The van der Waals surface area contributed by atoms with Crippen molar-refractivity contribution in [1.82, 2.24) is 5.43 Å². The summed E-state index contributed by atoms with van der Waals surface area (Å²) in [6, 6.07) is 21.6. The monoisotopic (exact) mass is 556 g/mol. The summed E-state index contributed by atoms with van der Waals surface area (Å²) in [4.78, 5) is 24.2. The Balaban J connectivity index is 1.57. The second kappa shape index (κ2) is 12.0. The van der Waals surface area contributed by atoms with Gasteiger partial charge in [0.1, 0.15) is 11.5 Å². The first-order valence-electron chi connectivity index (χ1n) is 9.44. The summed E-state index contributed by atoms with van der Waals surface area (Å²) in [6.45, 7) is -0.191. The van der Waals surface area contributed by atoms with Gasteiger partial charge in [0.25, 0.3) is 5.91 Å². The van der Waals surface area contributed by atoms with E-state index in [2.05, 4.69) is 42.4 Å². The Morgan fingerprint density at radius 3 is 2.41 bits per heavy atom. The Morgan fingerprint density at radius 1 is 0.938 bits per heavy atom. The average Bonchev–Trinajstić information content (AvgIpc) is 2.80. The fraction of sp³-hybridized carbons (Fsp3) is 0.0417. The topological polar surface area (TPSA) is 77.0 Å². The number of hydrogen-bond acceptors (Lipinski definition) is 5. The molecule has 0 saturated heterocycles. The highest BCUT2D eigenvalue weighted by Crippen LogP contribution is 2.22. The van der Waals surface area contributed by atoms with Crippen LogP contribution in [-0.2, 0) is 9.59 Å². The van der Waals surface area contributed by atoms with Crippen LogP contribution in [0.1, 0.15) is 11.1 Å². The molecule has 0 aliphatic carbocycles. The van der Waals surface area contributed by atoms with Crippen molar-refractivity contribution in [1.29, 1.82) is 0 Å². The number of nitrogens with zero attached hydrogens (tertiary/aromatic N) is 1. The van der Waals surface area contributed by atoms with E-state index in [0.29, 0.717) is 17.1 Å². The van der Waals surface area contributed by atoms with E-state index in [1.54, 1.807) is 36.4 Å². The Bertz CT molecular complexity index is 1130. The molecule has 0 aromatic heterocycles. The number of ether oxygens (including phenoxy) is 2. The third-order valence-corrected chi connectivity index (χ3v) is 4.99. The van der Waals surface area contributed by atoms with Crippen LogP contribution in [0.2, 0.25) is 0 Å². The van der Waals surface area contributed by atoms with Gasteiger partial charge in [-0.1, -0.05) is 62.2 Å². The van der Waals surface area contributed by atoms with Gasteiger partial charge in [-0.3, -0.25) is 4.79 Å². The summed E-state index contributed by atoms with van der Waals surface area (Å²) in [5.41, 5.74) is 3.78. The van der Waals surface area contributed by atoms with E-state index in [0.717, 1.165) is 14.5 Å². The Morgan fingerprint density at radius 2 is 1.66 bits per heavy atom. The Kier molecular flexibility index (Phi) is 8.77. The van der Waals surface area contributed by atoms with Gasteiger partial charge in [-0.2, -0.15) is 5.10 Å². The van der Waals surface area contributed by atoms with Crippen molar-refractivity contribution in [3.8, 4) is 11.5 Å². The van der Waals surface area contributed by atoms with E-state index in [4.69, 9.17) is 9.47 Å². The quantitative estimate of drug-likeness (QED) is 0.133. The number of hydrazone groups is 1. The maximum absolute atomic E-state index is 12.2. The third-order valence-electron chi connectivity index (χ3n) is 3.97. The van der Waals surface area contributed by atoms with Gasteiger partial charge in [-0.05, 0) is 54.1 Å². The molecule has 1 amide bonds. The van der Waals surface area contributed by atoms with Gasteiger partial charge in [0, 0.05) is 20.6 Å². The number of hydrogen-bond donors (Lipinski definition) is 1. The molecular weight excluding hydrogens is 540 g/mol.